The summed E-state index contributed by atoms with van der Waals surface area (Å²) in [5, 5.41) is 1.22. The molecule has 1 aromatic carbocycles. The Bertz CT molecular complexity index is 823. The average molecular weight is 393 g/mol. The van der Waals surface area contributed by atoms with Crippen molar-refractivity contribution in [2.45, 2.75) is 51.9 Å². The maximum absolute atomic E-state index is 12.5. The number of hydrogen-bond acceptors (Lipinski definition) is 5. The Labute approximate surface area is 161 Å². The SMILES string of the molecule is CCOC(=O)C[C@]1(C)C(=O)CC[C@H]1[C@@H](C)/C=C/S(=O)(=O)c1ccc(C)cc1. The Morgan fingerprint density at radius 1 is 1.33 bits per heavy atom. The number of benzene rings is 1. The van der Waals surface area contributed by atoms with Gasteiger partial charge in [0.15, 0.2) is 9.84 Å². The van der Waals surface area contributed by atoms with Crippen LogP contribution in [0.3, 0.4) is 0 Å². The molecule has 0 spiro atoms. The summed E-state index contributed by atoms with van der Waals surface area (Å²) in [5.74, 6) is -0.596. The minimum Gasteiger partial charge on any atom is -0.466 e. The standard InChI is InChI=1S/C21H28O5S/c1-5-26-20(23)14-21(4)18(10-11-19(21)22)16(3)12-13-27(24,25)17-8-6-15(2)7-9-17/h6-9,12-13,16,18H,5,10-11,14H2,1-4H3/b13-12+/t16-,18-,21-/m0/s1. The molecule has 1 fully saturated rings. The molecular weight excluding hydrogens is 364 g/mol. The molecule has 0 aromatic heterocycles. The van der Waals surface area contributed by atoms with Crippen LogP contribution in [0.4, 0.5) is 0 Å². The summed E-state index contributed by atoms with van der Waals surface area (Å²) >= 11 is 0. The van der Waals surface area contributed by atoms with Gasteiger partial charge in [-0.05, 0) is 44.2 Å². The molecule has 2 rings (SSSR count). The predicted octanol–water partition coefficient (Wildman–Crippen LogP) is 3.86. The van der Waals surface area contributed by atoms with E-state index >= 15 is 0 Å². The Kier molecular flexibility index (Phi) is 6.63. The van der Waals surface area contributed by atoms with E-state index in [1.54, 1.807) is 44.2 Å². The molecule has 0 heterocycles. The molecule has 0 bridgehead atoms. The zero-order valence-electron chi connectivity index (χ0n) is 16.4. The monoisotopic (exact) mass is 392 g/mol. The van der Waals surface area contributed by atoms with Crippen LogP contribution in [0.1, 0.15) is 45.6 Å². The molecule has 0 N–H and O–H groups in total. The highest BCUT2D eigenvalue weighted by molar-refractivity contribution is 7.94. The van der Waals surface area contributed by atoms with Crippen LogP contribution in [0.15, 0.2) is 40.6 Å². The zero-order valence-corrected chi connectivity index (χ0v) is 17.2. The van der Waals surface area contributed by atoms with Crippen LogP contribution in [-0.4, -0.2) is 26.8 Å². The van der Waals surface area contributed by atoms with E-state index in [-0.39, 0.29) is 41.5 Å². The Morgan fingerprint density at radius 2 is 1.96 bits per heavy atom. The number of carbonyl (C=O) groups is 2. The number of Topliss-reactive ketones (excluding diaryl/α,β-unsaturated/α-hetero) is 1. The first-order valence-corrected chi connectivity index (χ1v) is 10.8. The highest BCUT2D eigenvalue weighted by atomic mass is 32.2. The van der Waals surface area contributed by atoms with E-state index < -0.39 is 15.3 Å². The molecule has 1 saturated carbocycles. The molecule has 3 atom stereocenters. The fourth-order valence-electron chi connectivity index (χ4n) is 3.85. The largest absolute Gasteiger partial charge is 0.466 e. The van der Waals surface area contributed by atoms with Crippen molar-refractivity contribution < 1.29 is 22.7 Å². The van der Waals surface area contributed by atoms with Gasteiger partial charge in [0.25, 0.3) is 0 Å². The van der Waals surface area contributed by atoms with Crippen LogP contribution >= 0.6 is 0 Å². The number of ether oxygens (including phenoxy) is 1. The van der Waals surface area contributed by atoms with Gasteiger partial charge in [-0.2, -0.15) is 0 Å². The van der Waals surface area contributed by atoms with Gasteiger partial charge in [-0.25, -0.2) is 8.42 Å². The van der Waals surface area contributed by atoms with Gasteiger partial charge in [0.1, 0.15) is 5.78 Å². The molecule has 1 aliphatic rings. The molecule has 1 aromatic rings. The zero-order chi connectivity index (χ0) is 20.2. The van der Waals surface area contributed by atoms with Crippen LogP contribution in [0, 0.1) is 24.2 Å². The normalized spacial score (nSPS) is 24.3. The number of rotatable bonds is 7. The summed E-state index contributed by atoms with van der Waals surface area (Å²) < 4.78 is 30.1. The van der Waals surface area contributed by atoms with Crippen molar-refractivity contribution in [1.29, 1.82) is 0 Å². The number of hydrogen-bond donors (Lipinski definition) is 0. The van der Waals surface area contributed by atoms with Gasteiger partial charge in [-0.15, -0.1) is 0 Å². The van der Waals surface area contributed by atoms with E-state index in [0.29, 0.717) is 12.8 Å². The molecule has 0 amide bonds. The number of sulfone groups is 1. The lowest BCUT2D eigenvalue weighted by Gasteiger charge is -2.32. The van der Waals surface area contributed by atoms with Gasteiger partial charge in [0.2, 0.25) is 0 Å². The van der Waals surface area contributed by atoms with Gasteiger partial charge in [-0.3, -0.25) is 9.59 Å². The van der Waals surface area contributed by atoms with Crippen molar-refractivity contribution in [3.8, 4) is 0 Å². The van der Waals surface area contributed by atoms with Gasteiger partial charge in [-0.1, -0.05) is 37.6 Å². The summed E-state index contributed by atoms with van der Waals surface area (Å²) in [5.41, 5.74) is 0.175. The van der Waals surface area contributed by atoms with E-state index in [9.17, 15) is 18.0 Å². The van der Waals surface area contributed by atoms with E-state index in [2.05, 4.69) is 0 Å². The Balaban J connectivity index is 2.18. The fourth-order valence-corrected chi connectivity index (χ4v) is 4.98. The molecule has 0 aliphatic heterocycles. The topological polar surface area (TPSA) is 77.5 Å². The number of esters is 1. The molecule has 27 heavy (non-hydrogen) atoms. The number of allylic oxidation sites excluding steroid dienone is 1. The second-order valence-corrected chi connectivity index (χ2v) is 9.35. The maximum atomic E-state index is 12.5. The molecule has 0 radical (unpaired) electrons. The lowest BCUT2D eigenvalue weighted by molar-refractivity contribution is -0.149. The summed E-state index contributed by atoms with van der Waals surface area (Å²) in [4.78, 5) is 24.7. The van der Waals surface area contributed by atoms with Crippen molar-refractivity contribution in [1.82, 2.24) is 0 Å². The first kappa shape index (κ1) is 21.4. The van der Waals surface area contributed by atoms with Crippen molar-refractivity contribution >= 4 is 21.6 Å². The van der Waals surface area contributed by atoms with Crippen LogP contribution in [0.5, 0.6) is 0 Å². The number of aryl methyl sites for hydroxylation is 1. The fraction of sp³-hybridized carbons (Fsp3) is 0.524. The minimum atomic E-state index is -3.54. The Morgan fingerprint density at radius 3 is 2.56 bits per heavy atom. The summed E-state index contributed by atoms with van der Waals surface area (Å²) in [6.07, 6.45) is 2.73. The van der Waals surface area contributed by atoms with E-state index in [0.717, 1.165) is 5.56 Å². The van der Waals surface area contributed by atoms with E-state index in [1.165, 1.54) is 5.41 Å². The van der Waals surface area contributed by atoms with Gasteiger partial charge >= 0.3 is 5.97 Å². The lowest BCUT2D eigenvalue weighted by atomic mass is 9.71. The van der Waals surface area contributed by atoms with Crippen molar-refractivity contribution in [3.05, 3.63) is 41.3 Å². The quantitative estimate of drug-likeness (QED) is 0.659. The summed E-state index contributed by atoms with van der Waals surface area (Å²) in [6.45, 7) is 7.60. The molecule has 1 aliphatic carbocycles. The third-order valence-corrected chi connectivity index (χ3v) is 6.94. The molecule has 6 heteroatoms. The molecular formula is C21H28O5S. The average Bonchev–Trinajstić information content (AvgIpc) is 2.88. The lowest BCUT2D eigenvalue weighted by Crippen LogP contribution is -2.35. The van der Waals surface area contributed by atoms with Gasteiger partial charge < -0.3 is 4.74 Å². The summed E-state index contributed by atoms with van der Waals surface area (Å²) in [6, 6.07) is 6.69. The van der Waals surface area contributed by atoms with E-state index in [4.69, 9.17) is 4.74 Å². The third kappa shape index (κ3) is 4.86. The van der Waals surface area contributed by atoms with Crippen LogP contribution < -0.4 is 0 Å². The maximum Gasteiger partial charge on any atom is 0.306 e. The highest BCUT2D eigenvalue weighted by Gasteiger charge is 2.49. The molecule has 0 saturated heterocycles. The molecule has 0 unspecified atom stereocenters. The number of carbonyl (C=O) groups excluding carboxylic acids is 2. The second kappa shape index (κ2) is 8.38. The van der Waals surface area contributed by atoms with Gasteiger partial charge in [0.05, 0.1) is 17.9 Å². The molecule has 5 nitrogen and oxygen atoms in total. The number of ketones is 1. The Hall–Kier alpha value is -1.95. The van der Waals surface area contributed by atoms with Crippen LogP contribution in [0.25, 0.3) is 0 Å². The van der Waals surface area contributed by atoms with Crippen LogP contribution in [-0.2, 0) is 24.2 Å². The third-order valence-electron chi connectivity index (χ3n) is 5.50. The van der Waals surface area contributed by atoms with Crippen molar-refractivity contribution in [2.75, 3.05) is 6.61 Å². The first-order valence-electron chi connectivity index (χ1n) is 9.29. The smallest absolute Gasteiger partial charge is 0.306 e. The first-order chi connectivity index (χ1) is 12.6. The van der Waals surface area contributed by atoms with Gasteiger partial charge in [0, 0.05) is 17.2 Å². The highest BCUT2D eigenvalue weighted by Crippen LogP contribution is 2.47. The second-order valence-electron chi connectivity index (χ2n) is 7.51. The predicted molar refractivity (Wildman–Crippen MR) is 104 cm³/mol. The van der Waals surface area contributed by atoms with Crippen LogP contribution in [0.2, 0.25) is 0 Å². The minimum absolute atomic E-state index is 0.0350. The van der Waals surface area contributed by atoms with Crippen molar-refractivity contribution in [3.63, 3.8) is 0 Å². The molecule has 148 valence electrons. The van der Waals surface area contributed by atoms with E-state index in [1.807, 2.05) is 13.8 Å². The van der Waals surface area contributed by atoms with Crippen molar-refractivity contribution in [2.24, 2.45) is 17.3 Å². The summed E-state index contributed by atoms with van der Waals surface area (Å²) in [7, 11) is -3.54.